The molecule has 0 aliphatic rings. The molecule has 0 bridgehead atoms. The van der Waals surface area contributed by atoms with Crippen molar-refractivity contribution >= 4 is 29.4 Å². The van der Waals surface area contributed by atoms with E-state index in [9.17, 15) is 9.59 Å². The summed E-state index contributed by atoms with van der Waals surface area (Å²) in [4.78, 5) is 29.6. The minimum Gasteiger partial charge on any atom is -0.356 e. The number of halogens is 1. The van der Waals surface area contributed by atoms with Gasteiger partial charge in [0.15, 0.2) is 23.6 Å². The number of ketones is 2. The van der Waals surface area contributed by atoms with E-state index >= 15 is 0 Å². The fourth-order valence-electron chi connectivity index (χ4n) is 2.50. The third-order valence-corrected chi connectivity index (χ3v) is 3.90. The molecule has 0 saturated heterocycles. The van der Waals surface area contributed by atoms with Gasteiger partial charge in [0.2, 0.25) is 0 Å². The molecule has 0 heterocycles. The molecular weight excluding hydrogens is 382 g/mol. The molecule has 0 aliphatic carbocycles. The van der Waals surface area contributed by atoms with Crippen molar-refractivity contribution in [3.8, 4) is 5.75 Å². The summed E-state index contributed by atoms with van der Waals surface area (Å²) in [5.41, 5.74) is 1.22. The van der Waals surface area contributed by atoms with Gasteiger partial charge in [0.25, 0.3) is 0 Å². The largest absolute Gasteiger partial charge is 0.356 e. The molecule has 0 aromatic heterocycles. The van der Waals surface area contributed by atoms with Crippen LogP contribution in [0.2, 0.25) is 5.02 Å². The zero-order valence-corrected chi connectivity index (χ0v) is 16.7. The molecule has 2 aromatic carbocycles. The van der Waals surface area contributed by atoms with E-state index in [1.54, 1.807) is 24.3 Å². The van der Waals surface area contributed by atoms with Crippen LogP contribution in [0.3, 0.4) is 0 Å². The Kier molecular flexibility index (Phi) is 8.32. The van der Waals surface area contributed by atoms with Crippen LogP contribution in [0.15, 0.2) is 47.6 Å². The van der Waals surface area contributed by atoms with Crippen molar-refractivity contribution in [1.29, 1.82) is 0 Å². The van der Waals surface area contributed by atoms with E-state index in [0.29, 0.717) is 29.4 Å². The molecule has 2 aromatic rings. The number of nitrogens with zero attached hydrogens (tertiary/aromatic N) is 1. The monoisotopic (exact) mass is 403 g/mol. The first-order chi connectivity index (χ1) is 13.5. The predicted octanol–water partition coefficient (Wildman–Crippen LogP) is 4.60. The van der Waals surface area contributed by atoms with Gasteiger partial charge < -0.3 is 14.3 Å². The summed E-state index contributed by atoms with van der Waals surface area (Å²) in [5, 5.41) is 3.97. The Balaban J connectivity index is 2.46. The highest BCUT2D eigenvalue weighted by molar-refractivity contribution is 6.31. The van der Waals surface area contributed by atoms with Crippen LogP contribution in [0.4, 0.5) is 0 Å². The van der Waals surface area contributed by atoms with Crippen LogP contribution in [-0.2, 0) is 14.3 Å². The van der Waals surface area contributed by atoms with Crippen molar-refractivity contribution in [3.63, 3.8) is 0 Å². The second-order valence-electron chi connectivity index (χ2n) is 5.74. The number of ether oxygens (including phenoxy) is 2. The van der Waals surface area contributed by atoms with E-state index in [0.717, 1.165) is 6.21 Å². The number of hydrogen-bond acceptors (Lipinski definition) is 6. The van der Waals surface area contributed by atoms with Crippen LogP contribution < -0.4 is 4.84 Å². The summed E-state index contributed by atoms with van der Waals surface area (Å²) >= 11 is 6.08. The molecule has 0 saturated carbocycles. The first-order valence-corrected chi connectivity index (χ1v) is 9.23. The summed E-state index contributed by atoms with van der Waals surface area (Å²) in [6.07, 6.45) is 0.353. The molecule has 7 heteroatoms. The number of carbonyl (C=O) groups excluding carboxylic acids is 2. The molecule has 0 spiro atoms. The normalized spacial score (nSPS) is 11.2. The molecule has 0 atom stereocenters. The third-order valence-electron chi connectivity index (χ3n) is 3.67. The number of Topliss-reactive ketones (excluding diaryl/α,β-unsaturated/α-hetero) is 1. The highest BCUT2D eigenvalue weighted by Gasteiger charge is 2.23. The fraction of sp³-hybridized carbons (Fsp3) is 0.286. The van der Waals surface area contributed by atoms with Gasteiger partial charge in [0, 0.05) is 36.3 Å². The Labute approximate surface area is 169 Å². The van der Waals surface area contributed by atoms with Crippen molar-refractivity contribution in [2.24, 2.45) is 5.16 Å². The minimum absolute atomic E-state index is 0.186. The second kappa shape index (κ2) is 10.7. The van der Waals surface area contributed by atoms with Gasteiger partial charge in [-0.1, -0.05) is 41.0 Å². The fourth-order valence-corrected chi connectivity index (χ4v) is 2.67. The molecule has 0 radical (unpaired) electrons. The van der Waals surface area contributed by atoms with Crippen molar-refractivity contribution in [1.82, 2.24) is 0 Å². The summed E-state index contributed by atoms with van der Waals surface area (Å²) in [7, 11) is 0. The molecule has 0 aliphatic heterocycles. The molecule has 148 valence electrons. The first kappa shape index (κ1) is 21.8. The summed E-state index contributed by atoms with van der Waals surface area (Å²) < 4.78 is 11.3. The lowest BCUT2D eigenvalue weighted by Gasteiger charge is -2.20. The maximum absolute atomic E-state index is 13.3. The van der Waals surface area contributed by atoms with Gasteiger partial charge in [-0.25, -0.2) is 0 Å². The van der Waals surface area contributed by atoms with Gasteiger partial charge in [-0.05, 0) is 32.0 Å². The van der Waals surface area contributed by atoms with Crippen LogP contribution in [0.25, 0.3) is 0 Å². The van der Waals surface area contributed by atoms with Crippen LogP contribution in [0, 0.1) is 0 Å². The van der Waals surface area contributed by atoms with Gasteiger partial charge in [0.05, 0.1) is 5.56 Å². The van der Waals surface area contributed by atoms with E-state index < -0.39 is 6.29 Å². The standard InChI is InChI=1S/C21H22ClNO5/c1-4-26-21(27-5-2)17-9-7-6-8-16(17)20(25)18-12-15(22)10-11-19(18)28-23-13-14(3)24/h6-13,21H,4-5H2,1-3H3. The topological polar surface area (TPSA) is 74.2 Å². The smallest absolute Gasteiger partial charge is 0.197 e. The molecule has 2 rings (SSSR count). The molecule has 28 heavy (non-hydrogen) atoms. The van der Waals surface area contributed by atoms with Gasteiger partial charge in [-0.2, -0.15) is 0 Å². The van der Waals surface area contributed by atoms with E-state index in [2.05, 4.69) is 5.16 Å². The lowest BCUT2D eigenvalue weighted by Crippen LogP contribution is -2.15. The Bertz CT molecular complexity index is 860. The summed E-state index contributed by atoms with van der Waals surface area (Å²) in [6, 6.07) is 11.6. The quantitative estimate of drug-likeness (QED) is 0.251. The van der Waals surface area contributed by atoms with Crippen LogP contribution in [0.1, 0.15) is 48.5 Å². The van der Waals surface area contributed by atoms with Gasteiger partial charge in [0.1, 0.15) is 6.21 Å². The molecule has 0 unspecified atom stereocenters. The Morgan fingerprint density at radius 2 is 1.75 bits per heavy atom. The van der Waals surface area contributed by atoms with E-state index in [-0.39, 0.29) is 22.9 Å². The zero-order chi connectivity index (χ0) is 20.5. The van der Waals surface area contributed by atoms with Crippen molar-refractivity contribution in [2.45, 2.75) is 27.1 Å². The van der Waals surface area contributed by atoms with Crippen molar-refractivity contribution < 1.29 is 23.9 Å². The lowest BCUT2D eigenvalue weighted by atomic mass is 9.97. The third kappa shape index (κ3) is 5.73. The van der Waals surface area contributed by atoms with Crippen molar-refractivity contribution in [3.05, 3.63) is 64.2 Å². The maximum Gasteiger partial charge on any atom is 0.197 e. The average molecular weight is 404 g/mol. The first-order valence-electron chi connectivity index (χ1n) is 8.85. The molecule has 0 fully saturated rings. The number of hydrogen-bond donors (Lipinski definition) is 0. The van der Waals surface area contributed by atoms with Crippen molar-refractivity contribution in [2.75, 3.05) is 13.2 Å². The van der Waals surface area contributed by atoms with E-state index in [1.165, 1.54) is 19.1 Å². The average Bonchev–Trinajstić information content (AvgIpc) is 2.68. The van der Waals surface area contributed by atoms with Crippen LogP contribution in [0.5, 0.6) is 5.75 Å². The van der Waals surface area contributed by atoms with E-state index in [1.807, 2.05) is 19.9 Å². The number of carbonyl (C=O) groups is 2. The Morgan fingerprint density at radius 1 is 1.07 bits per heavy atom. The lowest BCUT2D eigenvalue weighted by molar-refractivity contribution is -0.140. The van der Waals surface area contributed by atoms with E-state index in [4.69, 9.17) is 25.9 Å². The van der Waals surface area contributed by atoms with Gasteiger partial charge in [-0.3, -0.25) is 9.59 Å². The van der Waals surface area contributed by atoms with Gasteiger partial charge >= 0.3 is 0 Å². The molecule has 0 N–H and O–H groups in total. The minimum atomic E-state index is -0.672. The second-order valence-corrected chi connectivity index (χ2v) is 6.17. The van der Waals surface area contributed by atoms with Gasteiger partial charge in [-0.15, -0.1) is 0 Å². The predicted molar refractivity (Wildman–Crippen MR) is 107 cm³/mol. The Hall–Kier alpha value is -2.54. The molecule has 0 amide bonds. The molecular formula is C21H22ClNO5. The van der Waals surface area contributed by atoms with Crippen LogP contribution >= 0.6 is 11.6 Å². The van der Waals surface area contributed by atoms with Crippen LogP contribution in [-0.4, -0.2) is 31.0 Å². The Morgan fingerprint density at radius 3 is 2.39 bits per heavy atom. The number of oxime groups is 1. The number of rotatable bonds is 10. The molecule has 6 nitrogen and oxygen atoms in total. The maximum atomic E-state index is 13.3. The SMILES string of the molecule is CCOC(OCC)c1ccccc1C(=O)c1cc(Cl)ccc1ON=CC(C)=O. The number of benzene rings is 2. The highest BCUT2D eigenvalue weighted by Crippen LogP contribution is 2.30. The zero-order valence-electron chi connectivity index (χ0n) is 16.0. The summed E-state index contributed by atoms with van der Waals surface area (Å²) in [5.74, 6) is -0.412. The summed E-state index contributed by atoms with van der Waals surface area (Å²) in [6.45, 7) is 5.91. The highest BCUT2D eigenvalue weighted by atomic mass is 35.5.